The maximum absolute atomic E-state index is 13.6. The molecule has 1 aliphatic heterocycles. The molecule has 6 nitrogen and oxygen atoms in total. The summed E-state index contributed by atoms with van der Waals surface area (Å²) in [6.45, 7) is 4.34. The minimum absolute atomic E-state index is 0.0626. The van der Waals surface area contributed by atoms with Crippen molar-refractivity contribution < 1.29 is 18.7 Å². The largest absolute Gasteiger partial charge is 0.450 e. The third-order valence-corrected chi connectivity index (χ3v) is 3.70. The zero-order chi connectivity index (χ0) is 16.8. The van der Waals surface area contributed by atoms with E-state index in [0.717, 1.165) is 0 Å². The lowest BCUT2D eigenvalue weighted by Crippen LogP contribution is -2.50. The van der Waals surface area contributed by atoms with Crippen LogP contribution in [0.3, 0.4) is 0 Å². The molecule has 2 amide bonds. The van der Waals surface area contributed by atoms with E-state index in [1.165, 1.54) is 18.2 Å². The average Bonchev–Trinajstić information content (AvgIpc) is 2.52. The molecule has 23 heavy (non-hydrogen) atoms. The topological polar surface area (TPSA) is 61.9 Å². The van der Waals surface area contributed by atoms with E-state index in [-0.39, 0.29) is 24.2 Å². The molecule has 1 aliphatic rings. The number of carbonyl (C=O) groups is 2. The van der Waals surface area contributed by atoms with Gasteiger partial charge in [-0.2, -0.15) is 0 Å². The van der Waals surface area contributed by atoms with E-state index < -0.39 is 5.82 Å². The molecular formula is C15H19ClFN3O3. The molecule has 0 saturated carbocycles. The standard InChI is InChI=1S/C15H19ClFN3O3/c1-2-23-15(22)20-7-5-19(6-8-20)10-14(21)18-13-9-11(16)3-4-12(13)17/h3-4,9H,2,5-8,10H2,1H3,(H,18,21). The van der Waals surface area contributed by atoms with E-state index in [1.807, 2.05) is 4.90 Å². The molecule has 1 N–H and O–H groups in total. The quantitative estimate of drug-likeness (QED) is 0.910. The van der Waals surface area contributed by atoms with Crippen LogP contribution in [-0.2, 0) is 9.53 Å². The van der Waals surface area contributed by atoms with Gasteiger partial charge in [-0.15, -0.1) is 0 Å². The predicted molar refractivity (Wildman–Crippen MR) is 85.1 cm³/mol. The van der Waals surface area contributed by atoms with Gasteiger partial charge in [0.15, 0.2) is 0 Å². The second-order valence-corrected chi connectivity index (χ2v) is 5.57. The van der Waals surface area contributed by atoms with Crippen molar-refractivity contribution >= 4 is 29.3 Å². The second kappa shape index (κ2) is 8.12. The van der Waals surface area contributed by atoms with Crippen LogP contribution in [0, 0.1) is 5.82 Å². The van der Waals surface area contributed by atoms with Crippen LogP contribution in [-0.4, -0.2) is 61.1 Å². The fourth-order valence-corrected chi connectivity index (χ4v) is 2.46. The Hall–Kier alpha value is -1.86. The summed E-state index contributed by atoms with van der Waals surface area (Å²) in [5, 5.41) is 2.86. The molecule has 0 unspecified atom stereocenters. The van der Waals surface area contributed by atoms with Crippen LogP contribution in [0.5, 0.6) is 0 Å². The van der Waals surface area contributed by atoms with Gasteiger partial charge < -0.3 is 15.0 Å². The molecule has 0 atom stereocenters. The number of nitrogens with zero attached hydrogens (tertiary/aromatic N) is 2. The number of nitrogens with one attached hydrogen (secondary N) is 1. The molecular weight excluding hydrogens is 325 g/mol. The molecule has 0 spiro atoms. The summed E-state index contributed by atoms with van der Waals surface area (Å²) in [4.78, 5) is 27.1. The Balaban J connectivity index is 1.81. The minimum atomic E-state index is -0.533. The Kier molecular flexibility index (Phi) is 6.18. The number of hydrogen-bond donors (Lipinski definition) is 1. The lowest BCUT2D eigenvalue weighted by molar-refractivity contribution is -0.117. The molecule has 0 radical (unpaired) electrons. The molecule has 1 aromatic carbocycles. The number of rotatable bonds is 4. The third-order valence-electron chi connectivity index (χ3n) is 3.47. The van der Waals surface area contributed by atoms with Crippen molar-refractivity contribution in [1.29, 1.82) is 0 Å². The van der Waals surface area contributed by atoms with E-state index in [4.69, 9.17) is 16.3 Å². The van der Waals surface area contributed by atoms with Crippen molar-refractivity contribution in [2.75, 3.05) is 44.6 Å². The van der Waals surface area contributed by atoms with Crippen LogP contribution in [0.15, 0.2) is 18.2 Å². The number of halogens is 2. The van der Waals surface area contributed by atoms with Crippen molar-refractivity contribution in [3.8, 4) is 0 Å². The van der Waals surface area contributed by atoms with Gasteiger partial charge in [-0.3, -0.25) is 9.69 Å². The predicted octanol–water partition coefficient (Wildman–Crippen LogP) is 2.19. The molecule has 0 aliphatic carbocycles. The second-order valence-electron chi connectivity index (χ2n) is 5.13. The lowest BCUT2D eigenvalue weighted by atomic mass is 10.3. The van der Waals surface area contributed by atoms with Crippen LogP contribution in [0.2, 0.25) is 5.02 Å². The normalized spacial score (nSPS) is 15.3. The fourth-order valence-electron chi connectivity index (χ4n) is 2.29. The average molecular weight is 344 g/mol. The molecule has 1 saturated heterocycles. The summed E-state index contributed by atoms with van der Waals surface area (Å²) < 4.78 is 18.5. The van der Waals surface area contributed by atoms with Gasteiger partial charge in [0.1, 0.15) is 5.82 Å². The summed E-state index contributed by atoms with van der Waals surface area (Å²) in [7, 11) is 0. The molecule has 1 heterocycles. The van der Waals surface area contributed by atoms with Gasteiger partial charge in [-0.25, -0.2) is 9.18 Å². The van der Waals surface area contributed by atoms with Gasteiger partial charge in [0, 0.05) is 31.2 Å². The SMILES string of the molecule is CCOC(=O)N1CCN(CC(=O)Nc2cc(Cl)ccc2F)CC1. The van der Waals surface area contributed by atoms with Crippen LogP contribution >= 0.6 is 11.6 Å². The molecule has 1 aromatic rings. The monoisotopic (exact) mass is 343 g/mol. The van der Waals surface area contributed by atoms with E-state index in [2.05, 4.69) is 5.32 Å². The maximum atomic E-state index is 13.6. The van der Waals surface area contributed by atoms with E-state index in [0.29, 0.717) is 37.8 Å². The molecule has 1 fully saturated rings. The Morgan fingerprint density at radius 3 is 2.65 bits per heavy atom. The number of benzene rings is 1. The van der Waals surface area contributed by atoms with Gasteiger partial charge in [0.25, 0.3) is 0 Å². The summed E-state index contributed by atoms with van der Waals surface area (Å²) in [6.07, 6.45) is -0.336. The molecule has 8 heteroatoms. The van der Waals surface area contributed by atoms with Gasteiger partial charge in [-0.1, -0.05) is 11.6 Å². The van der Waals surface area contributed by atoms with E-state index in [1.54, 1.807) is 11.8 Å². The minimum Gasteiger partial charge on any atom is -0.450 e. The molecule has 2 rings (SSSR count). The van der Waals surface area contributed by atoms with Gasteiger partial charge in [0.05, 0.1) is 18.8 Å². The smallest absolute Gasteiger partial charge is 0.409 e. The Morgan fingerprint density at radius 1 is 1.30 bits per heavy atom. The number of anilines is 1. The van der Waals surface area contributed by atoms with Gasteiger partial charge >= 0.3 is 6.09 Å². The van der Waals surface area contributed by atoms with Crippen molar-refractivity contribution in [3.63, 3.8) is 0 Å². The first-order valence-electron chi connectivity index (χ1n) is 7.38. The fraction of sp³-hybridized carbons (Fsp3) is 0.467. The van der Waals surface area contributed by atoms with E-state index >= 15 is 0 Å². The highest BCUT2D eigenvalue weighted by molar-refractivity contribution is 6.30. The summed E-state index contributed by atoms with van der Waals surface area (Å²) in [5.74, 6) is -0.856. The summed E-state index contributed by atoms with van der Waals surface area (Å²) >= 11 is 5.79. The number of carbonyl (C=O) groups excluding carboxylic acids is 2. The zero-order valence-corrected chi connectivity index (χ0v) is 13.6. The summed E-state index contributed by atoms with van der Waals surface area (Å²) in [6, 6.07) is 3.99. The highest BCUT2D eigenvalue weighted by Crippen LogP contribution is 2.19. The Morgan fingerprint density at radius 2 is 2.00 bits per heavy atom. The maximum Gasteiger partial charge on any atom is 0.409 e. The number of ether oxygens (including phenoxy) is 1. The highest BCUT2D eigenvalue weighted by Gasteiger charge is 2.23. The zero-order valence-electron chi connectivity index (χ0n) is 12.8. The van der Waals surface area contributed by atoms with Crippen LogP contribution < -0.4 is 5.32 Å². The number of amides is 2. The van der Waals surface area contributed by atoms with Crippen LogP contribution in [0.1, 0.15) is 6.92 Å². The van der Waals surface area contributed by atoms with Crippen molar-refractivity contribution in [2.24, 2.45) is 0 Å². The highest BCUT2D eigenvalue weighted by atomic mass is 35.5. The van der Waals surface area contributed by atoms with Crippen LogP contribution in [0.4, 0.5) is 14.9 Å². The molecule has 0 aromatic heterocycles. The van der Waals surface area contributed by atoms with Crippen molar-refractivity contribution in [2.45, 2.75) is 6.92 Å². The lowest BCUT2D eigenvalue weighted by Gasteiger charge is -2.33. The third kappa shape index (κ3) is 5.07. The Bertz CT molecular complexity index is 577. The summed E-state index contributed by atoms with van der Waals surface area (Å²) in [5.41, 5.74) is 0.0626. The molecule has 126 valence electrons. The number of hydrogen-bond acceptors (Lipinski definition) is 4. The Labute approximate surface area is 139 Å². The van der Waals surface area contributed by atoms with E-state index in [9.17, 15) is 14.0 Å². The number of piperazine rings is 1. The van der Waals surface area contributed by atoms with Gasteiger partial charge in [-0.05, 0) is 25.1 Å². The first-order valence-corrected chi connectivity index (χ1v) is 7.76. The first kappa shape index (κ1) is 17.5. The first-order chi connectivity index (χ1) is 11.0. The van der Waals surface area contributed by atoms with Gasteiger partial charge in [0.2, 0.25) is 5.91 Å². The van der Waals surface area contributed by atoms with Crippen molar-refractivity contribution in [1.82, 2.24) is 9.80 Å². The molecule has 0 bridgehead atoms. The van der Waals surface area contributed by atoms with Crippen LogP contribution in [0.25, 0.3) is 0 Å². The van der Waals surface area contributed by atoms with Crippen molar-refractivity contribution in [3.05, 3.63) is 29.0 Å².